The summed E-state index contributed by atoms with van der Waals surface area (Å²) >= 11 is 0. The van der Waals surface area contributed by atoms with Gasteiger partial charge in [0.1, 0.15) is 23.4 Å². The Morgan fingerprint density at radius 2 is 1.66 bits per heavy atom. The van der Waals surface area contributed by atoms with Crippen LogP contribution in [0.1, 0.15) is 112 Å². The molecule has 3 aromatic heterocycles. The Morgan fingerprint density at radius 1 is 0.938 bits per heavy atom. The van der Waals surface area contributed by atoms with E-state index in [2.05, 4.69) is 31.6 Å². The third kappa shape index (κ3) is 8.59. The van der Waals surface area contributed by atoms with Crippen LogP contribution in [0.25, 0.3) is 16.4 Å². The van der Waals surface area contributed by atoms with Crippen molar-refractivity contribution in [2.24, 2.45) is 0 Å². The van der Waals surface area contributed by atoms with Crippen LogP contribution in [0, 0.1) is 23.0 Å². The number of piperazine rings is 1. The molecule has 1 unspecified atom stereocenters. The fourth-order valence-corrected chi connectivity index (χ4v) is 10.4. The van der Waals surface area contributed by atoms with Crippen LogP contribution in [0.15, 0.2) is 54.9 Å². The van der Waals surface area contributed by atoms with E-state index in [0.29, 0.717) is 59.1 Å². The Balaban J connectivity index is 0.841. The number of nitrogens with one attached hydrogen (secondary N) is 2. The van der Waals surface area contributed by atoms with E-state index >= 15 is 8.78 Å². The highest BCUT2D eigenvalue weighted by molar-refractivity contribution is 6.05. The fraction of sp³-hybridized carbons (Fsp3) is 0.489. The number of rotatable bonds is 10. The Kier molecular flexibility index (Phi) is 11.3. The Morgan fingerprint density at radius 3 is 2.33 bits per heavy atom. The lowest BCUT2D eigenvalue weighted by Crippen LogP contribution is -2.66. The smallest absolute Gasteiger partial charge is 0.274 e. The number of aromatic nitrogens is 4. The molecule has 0 spiro atoms. The van der Waals surface area contributed by atoms with Crippen LogP contribution in [0.4, 0.5) is 20.2 Å². The first-order valence-corrected chi connectivity index (χ1v) is 22.2. The van der Waals surface area contributed by atoms with Gasteiger partial charge in [-0.05, 0) is 109 Å². The van der Waals surface area contributed by atoms with Crippen molar-refractivity contribution in [1.29, 1.82) is 5.26 Å². The zero-order chi connectivity index (χ0) is 45.2. The lowest BCUT2D eigenvalue weighted by Gasteiger charge is -2.53. The van der Waals surface area contributed by atoms with E-state index in [1.807, 2.05) is 41.8 Å². The van der Waals surface area contributed by atoms with Crippen LogP contribution in [0.3, 0.4) is 0 Å². The minimum atomic E-state index is -1.28. The predicted molar refractivity (Wildman–Crippen MR) is 235 cm³/mol. The fourth-order valence-electron chi connectivity index (χ4n) is 10.4. The molecule has 2 aromatic carbocycles. The van der Waals surface area contributed by atoms with Gasteiger partial charge < -0.3 is 20.4 Å². The van der Waals surface area contributed by atoms with Gasteiger partial charge in [0.15, 0.2) is 0 Å². The molecule has 9 rings (SSSR count). The van der Waals surface area contributed by atoms with Gasteiger partial charge in [0.05, 0.1) is 46.0 Å². The standard InChI is InChI=1S/C47H54F2N10O5/c1-46(2,63)20-33-24-55(34-25-56(26-34)32-17-37(48)43(38(49)18-32)35-10-12-42(60)53-44(35)61)13-14-57(33)29-5-7-30(8-6-29)58-23-28-16-40(36(47(3,4)64)19-39(28)54-58)52-45(62)41-11-9-31-15-27(21-50)22-51-59(31)41/h9,11,15-19,22-23,29-30,33-35,63-64H,5-8,10,12-14,20,24-26H2,1-4H3,(H,52,62)(H,53,60,61)/t29?,30?,33?,35-/m1/s1. The third-order valence-electron chi connectivity index (χ3n) is 13.6. The Hall–Kier alpha value is -5.80. The molecule has 17 heteroatoms. The molecule has 3 aliphatic heterocycles. The van der Waals surface area contributed by atoms with Crippen molar-refractivity contribution in [2.75, 3.05) is 42.9 Å². The predicted octanol–water partition coefficient (Wildman–Crippen LogP) is 5.35. The maximum absolute atomic E-state index is 15.3. The number of fused-ring (bicyclic) bond motifs is 2. The van der Waals surface area contributed by atoms with Gasteiger partial charge in [-0.3, -0.25) is 34.2 Å². The minimum Gasteiger partial charge on any atom is -0.390 e. The number of nitriles is 1. The van der Waals surface area contributed by atoms with E-state index in [0.717, 1.165) is 50.7 Å². The first-order chi connectivity index (χ1) is 30.4. The van der Waals surface area contributed by atoms with Gasteiger partial charge in [-0.2, -0.15) is 15.5 Å². The number of benzene rings is 2. The summed E-state index contributed by atoms with van der Waals surface area (Å²) < 4.78 is 34.2. The summed E-state index contributed by atoms with van der Waals surface area (Å²) in [5.74, 6) is -4.12. The number of halogens is 2. The van der Waals surface area contributed by atoms with E-state index < -0.39 is 46.5 Å². The topological polar surface area (TPSA) is 184 Å². The van der Waals surface area contributed by atoms with Crippen molar-refractivity contribution in [2.45, 2.75) is 114 Å². The molecule has 0 radical (unpaired) electrons. The molecule has 64 heavy (non-hydrogen) atoms. The monoisotopic (exact) mass is 876 g/mol. The first kappa shape index (κ1) is 43.5. The number of carbonyl (C=O) groups excluding carboxylic acids is 3. The zero-order valence-electron chi connectivity index (χ0n) is 36.5. The molecule has 4 N–H and O–H groups in total. The summed E-state index contributed by atoms with van der Waals surface area (Å²) in [4.78, 5) is 44.5. The summed E-state index contributed by atoms with van der Waals surface area (Å²) in [7, 11) is 0. The number of hydrogen-bond acceptors (Lipinski definition) is 11. The van der Waals surface area contributed by atoms with E-state index in [9.17, 15) is 29.9 Å². The number of amides is 3. The van der Waals surface area contributed by atoms with Crippen LogP contribution in [-0.4, -0.2) is 114 Å². The van der Waals surface area contributed by atoms with Crippen molar-refractivity contribution in [1.82, 2.24) is 34.5 Å². The minimum absolute atomic E-state index is 0.0377. The van der Waals surface area contributed by atoms with E-state index in [1.165, 1.54) is 22.8 Å². The number of nitrogens with zero attached hydrogens (tertiary/aromatic N) is 8. The molecule has 4 fully saturated rings. The first-order valence-electron chi connectivity index (χ1n) is 22.2. The highest BCUT2D eigenvalue weighted by atomic mass is 19.1. The Labute approximate surface area is 369 Å². The SMILES string of the molecule is CC(C)(O)CC1CN(C2CN(c3cc(F)c([C@H]4CCC(=O)NC4=O)c(F)c3)C2)CCN1C1CCC(n2cc3cc(NC(=O)c4ccc5cc(C#N)cnn45)c(C(C)(C)O)cc3n2)CC1. The van der Waals surface area contributed by atoms with Gasteiger partial charge in [0.2, 0.25) is 11.8 Å². The van der Waals surface area contributed by atoms with E-state index in [1.54, 1.807) is 32.0 Å². The summed E-state index contributed by atoms with van der Waals surface area (Å²) in [6.45, 7) is 10.7. The highest BCUT2D eigenvalue weighted by Crippen LogP contribution is 2.39. The number of aliphatic hydroxyl groups is 2. The molecule has 15 nitrogen and oxygen atoms in total. The quantitative estimate of drug-likeness (QED) is 0.133. The lowest BCUT2D eigenvalue weighted by atomic mass is 9.86. The molecule has 1 saturated carbocycles. The lowest BCUT2D eigenvalue weighted by molar-refractivity contribution is -0.134. The van der Waals surface area contributed by atoms with Crippen molar-refractivity contribution in [3.8, 4) is 6.07 Å². The number of carbonyl (C=O) groups is 3. The highest BCUT2D eigenvalue weighted by Gasteiger charge is 2.42. The molecule has 4 aliphatic rings. The molecule has 1 aliphatic carbocycles. The van der Waals surface area contributed by atoms with Crippen LogP contribution in [0.5, 0.6) is 0 Å². The molecule has 0 bridgehead atoms. The maximum atomic E-state index is 15.3. The van der Waals surface area contributed by atoms with Crippen LogP contribution < -0.4 is 15.5 Å². The molecule has 3 amide bonds. The van der Waals surface area contributed by atoms with Crippen molar-refractivity contribution >= 4 is 45.5 Å². The number of anilines is 2. The van der Waals surface area contributed by atoms with Gasteiger partial charge in [-0.25, -0.2) is 13.3 Å². The van der Waals surface area contributed by atoms with Crippen LogP contribution in [-0.2, 0) is 15.2 Å². The molecule has 336 valence electrons. The molecule has 5 aromatic rings. The van der Waals surface area contributed by atoms with Gasteiger partial charge in [-0.1, -0.05) is 0 Å². The van der Waals surface area contributed by atoms with Crippen LogP contribution in [0.2, 0.25) is 0 Å². The van der Waals surface area contributed by atoms with Crippen molar-refractivity contribution in [3.63, 3.8) is 0 Å². The number of imide groups is 1. The third-order valence-corrected chi connectivity index (χ3v) is 13.6. The van der Waals surface area contributed by atoms with Crippen molar-refractivity contribution < 1.29 is 33.4 Å². The average molecular weight is 877 g/mol. The van der Waals surface area contributed by atoms with Crippen molar-refractivity contribution in [3.05, 3.63) is 88.9 Å². The second-order valence-corrected chi connectivity index (χ2v) is 19.2. The second kappa shape index (κ2) is 16.6. The van der Waals surface area contributed by atoms with Gasteiger partial charge in [0.25, 0.3) is 5.91 Å². The molecule has 6 heterocycles. The van der Waals surface area contributed by atoms with E-state index in [4.69, 9.17) is 5.10 Å². The molecular weight excluding hydrogens is 823 g/mol. The van der Waals surface area contributed by atoms with Gasteiger partial charge >= 0.3 is 0 Å². The Bertz CT molecular complexity index is 2660. The summed E-state index contributed by atoms with van der Waals surface area (Å²) in [6, 6.07) is 14.2. The van der Waals surface area contributed by atoms with Gasteiger partial charge in [-0.15, -0.1) is 0 Å². The zero-order valence-corrected chi connectivity index (χ0v) is 36.5. The number of piperidine rings is 1. The molecule has 3 saturated heterocycles. The van der Waals surface area contributed by atoms with Gasteiger partial charge in [0, 0.05) is 91.4 Å². The maximum Gasteiger partial charge on any atom is 0.274 e. The average Bonchev–Trinajstić information content (AvgIpc) is 3.84. The number of hydrogen-bond donors (Lipinski definition) is 4. The normalized spacial score (nSPS) is 23.0. The second-order valence-electron chi connectivity index (χ2n) is 19.2. The largest absolute Gasteiger partial charge is 0.390 e. The summed E-state index contributed by atoms with van der Waals surface area (Å²) in [6.07, 6.45) is 7.86. The van der Waals surface area contributed by atoms with Crippen LogP contribution >= 0.6 is 0 Å². The summed E-state index contributed by atoms with van der Waals surface area (Å²) in [5.41, 5.74) is 0.976. The molecule has 2 atom stereocenters. The van der Waals surface area contributed by atoms with E-state index in [-0.39, 0.29) is 42.2 Å². The molecular formula is C47H54F2N10O5. The summed E-state index contributed by atoms with van der Waals surface area (Å²) in [5, 5.41) is 46.8.